The zero-order chi connectivity index (χ0) is 16.8. The summed E-state index contributed by atoms with van der Waals surface area (Å²) < 4.78 is 12.0. The fraction of sp³-hybridized carbons (Fsp3) is 0.0500. The molecule has 24 heavy (non-hydrogen) atoms. The van der Waals surface area contributed by atoms with E-state index in [0.717, 1.165) is 15.8 Å². The molecule has 3 aromatic carbocycles. The maximum Gasteiger partial charge on any atom is 0.338 e. The summed E-state index contributed by atoms with van der Waals surface area (Å²) in [6.45, 7) is 0.192. The Morgan fingerprint density at radius 2 is 1.58 bits per heavy atom. The van der Waals surface area contributed by atoms with Gasteiger partial charge in [0.2, 0.25) is 0 Å². The van der Waals surface area contributed by atoms with Gasteiger partial charge in [-0.25, -0.2) is 4.79 Å². The predicted octanol–water partition coefficient (Wildman–Crippen LogP) is 5.60. The maximum atomic E-state index is 12.1. The molecule has 0 aliphatic rings. The van der Waals surface area contributed by atoms with Gasteiger partial charge in [0.1, 0.15) is 18.1 Å². The van der Waals surface area contributed by atoms with Gasteiger partial charge in [0.15, 0.2) is 0 Å². The molecule has 0 aromatic heterocycles. The van der Waals surface area contributed by atoms with Gasteiger partial charge in [-0.05, 0) is 48.0 Å². The van der Waals surface area contributed by atoms with Crippen molar-refractivity contribution in [2.45, 2.75) is 6.61 Å². The van der Waals surface area contributed by atoms with E-state index in [-0.39, 0.29) is 12.6 Å². The van der Waals surface area contributed by atoms with E-state index in [0.29, 0.717) is 11.3 Å². The van der Waals surface area contributed by atoms with Crippen molar-refractivity contribution < 1.29 is 14.3 Å². The molecule has 0 radical (unpaired) electrons. The van der Waals surface area contributed by atoms with Gasteiger partial charge < -0.3 is 9.47 Å². The average molecular weight is 383 g/mol. The van der Waals surface area contributed by atoms with Crippen molar-refractivity contribution in [1.29, 1.82) is 0 Å². The van der Waals surface area contributed by atoms with Gasteiger partial charge in [0.05, 0.1) is 5.56 Å². The minimum absolute atomic E-state index is 0.192. The SMILES string of the molecule is O=C(OCc1cccc(Oc2ccccc2)c1)c1cccc(Br)c1. The van der Waals surface area contributed by atoms with Crippen molar-refractivity contribution in [3.63, 3.8) is 0 Å². The first-order chi connectivity index (χ1) is 11.7. The highest BCUT2D eigenvalue weighted by Gasteiger charge is 2.08. The van der Waals surface area contributed by atoms with Crippen LogP contribution in [0.5, 0.6) is 11.5 Å². The standard InChI is InChI=1S/C20H15BrO3/c21-17-8-5-7-16(13-17)20(22)23-14-15-6-4-11-19(12-15)24-18-9-2-1-3-10-18/h1-13H,14H2. The van der Waals surface area contributed by atoms with Crippen LogP contribution < -0.4 is 4.74 Å². The number of para-hydroxylation sites is 1. The predicted molar refractivity (Wildman–Crippen MR) is 96.2 cm³/mol. The maximum absolute atomic E-state index is 12.1. The second-order valence-electron chi connectivity index (χ2n) is 5.15. The number of esters is 1. The van der Waals surface area contributed by atoms with Gasteiger partial charge in [-0.3, -0.25) is 0 Å². The molecule has 4 heteroatoms. The lowest BCUT2D eigenvalue weighted by Gasteiger charge is -2.08. The summed E-state index contributed by atoms with van der Waals surface area (Å²) in [6.07, 6.45) is 0. The van der Waals surface area contributed by atoms with Crippen LogP contribution in [0.3, 0.4) is 0 Å². The van der Waals surface area contributed by atoms with Gasteiger partial charge >= 0.3 is 5.97 Å². The molecule has 0 saturated heterocycles. The number of hydrogen-bond donors (Lipinski definition) is 0. The van der Waals surface area contributed by atoms with Crippen LogP contribution in [0.25, 0.3) is 0 Å². The zero-order valence-corrected chi connectivity index (χ0v) is 14.4. The molecule has 0 atom stereocenters. The quantitative estimate of drug-likeness (QED) is 0.538. The molecule has 120 valence electrons. The normalized spacial score (nSPS) is 10.2. The molecule has 3 rings (SSSR count). The third kappa shape index (κ3) is 4.46. The topological polar surface area (TPSA) is 35.5 Å². The average Bonchev–Trinajstić information content (AvgIpc) is 2.61. The monoisotopic (exact) mass is 382 g/mol. The Kier molecular flexibility index (Phi) is 5.29. The second-order valence-corrected chi connectivity index (χ2v) is 6.06. The molecule has 0 unspecified atom stereocenters. The van der Waals surface area contributed by atoms with E-state index in [1.54, 1.807) is 18.2 Å². The Balaban J connectivity index is 1.63. The van der Waals surface area contributed by atoms with Crippen molar-refractivity contribution in [1.82, 2.24) is 0 Å². The lowest BCUT2D eigenvalue weighted by molar-refractivity contribution is 0.0472. The lowest BCUT2D eigenvalue weighted by Crippen LogP contribution is -2.05. The van der Waals surface area contributed by atoms with Crippen LogP contribution in [0.4, 0.5) is 0 Å². The molecule has 0 aliphatic heterocycles. The van der Waals surface area contributed by atoms with Crippen molar-refractivity contribution in [3.05, 3.63) is 94.5 Å². The minimum Gasteiger partial charge on any atom is -0.457 e. The highest BCUT2D eigenvalue weighted by molar-refractivity contribution is 9.10. The van der Waals surface area contributed by atoms with Crippen LogP contribution >= 0.6 is 15.9 Å². The fourth-order valence-electron chi connectivity index (χ4n) is 2.17. The molecule has 0 saturated carbocycles. The van der Waals surface area contributed by atoms with E-state index in [4.69, 9.17) is 9.47 Å². The van der Waals surface area contributed by atoms with Gasteiger partial charge in [-0.1, -0.05) is 52.3 Å². The molecule has 0 bridgehead atoms. The van der Waals surface area contributed by atoms with E-state index in [1.807, 2.05) is 60.7 Å². The molecule has 0 amide bonds. The van der Waals surface area contributed by atoms with E-state index in [1.165, 1.54) is 0 Å². The number of ether oxygens (including phenoxy) is 2. The molecule has 3 nitrogen and oxygen atoms in total. The number of benzene rings is 3. The summed E-state index contributed by atoms with van der Waals surface area (Å²) in [6, 6.07) is 24.2. The minimum atomic E-state index is -0.356. The smallest absolute Gasteiger partial charge is 0.338 e. The van der Waals surface area contributed by atoms with Gasteiger partial charge in [0.25, 0.3) is 0 Å². The first kappa shape index (κ1) is 16.3. The first-order valence-electron chi connectivity index (χ1n) is 7.45. The van der Waals surface area contributed by atoms with Crippen molar-refractivity contribution in [3.8, 4) is 11.5 Å². The Bertz CT molecular complexity index is 831. The van der Waals surface area contributed by atoms with E-state index in [2.05, 4.69) is 15.9 Å². The summed E-state index contributed by atoms with van der Waals surface area (Å²) in [5, 5.41) is 0. The number of rotatable bonds is 5. The third-order valence-electron chi connectivity index (χ3n) is 3.31. The third-order valence-corrected chi connectivity index (χ3v) is 3.80. The van der Waals surface area contributed by atoms with E-state index in [9.17, 15) is 4.79 Å². The molecule has 0 spiro atoms. The zero-order valence-electron chi connectivity index (χ0n) is 12.8. The Hall–Kier alpha value is -2.59. The summed E-state index contributed by atoms with van der Waals surface area (Å²) in [5.74, 6) is 1.11. The van der Waals surface area contributed by atoms with Crippen LogP contribution in [0, 0.1) is 0 Å². The highest BCUT2D eigenvalue weighted by Crippen LogP contribution is 2.22. The van der Waals surface area contributed by atoms with Crippen molar-refractivity contribution in [2.75, 3.05) is 0 Å². The first-order valence-corrected chi connectivity index (χ1v) is 8.24. The molecule has 0 aliphatic carbocycles. The second kappa shape index (κ2) is 7.79. The van der Waals surface area contributed by atoms with Gasteiger partial charge in [-0.2, -0.15) is 0 Å². The van der Waals surface area contributed by atoms with Crippen LogP contribution in [-0.4, -0.2) is 5.97 Å². The molecule has 0 heterocycles. The Morgan fingerprint density at radius 1 is 0.833 bits per heavy atom. The number of hydrogen-bond acceptors (Lipinski definition) is 3. The van der Waals surface area contributed by atoms with E-state index < -0.39 is 0 Å². The van der Waals surface area contributed by atoms with Crippen molar-refractivity contribution in [2.24, 2.45) is 0 Å². The molecule has 0 N–H and O–H groups in total. The van der Waals surface area contributed by atoms with Crippen molar-refractivity contribution >= 4 is 21.9 Å². The largest absolute Gasteiger partial charge is 0.457 e. The Labute approximate surface area is 149 Å². The summed E-state index contributed by atoms with van der Waals surface area (Å²) in [4.78, 5) is 12.1. The molecular weight excluding hydrogens is 368 g/mol. The van der Waals surface area contributed by atoms with Gasteiger partial charge in [0, 0.05) is 4.47 Å². The Morgan fingerprint density at radius 3 is 2.38 bits per heavy atom. The van der Waals surface area contributed by atoms with Crippen LogP contribution in [-0.2, 0) is 11.3 Å². The molecular formula is C20H15BrO3. The van der Waals surface area contributed by atoms with Crippen LogP contribution in [0.2, 0.25) is 0 Å². The fourth-order valence-corrected chi connectivity index (χ4v) is 2.57. The number of carbonyl (C=O) groups is 1. The van der Waals surface area contributed by atoms with E-state index >= 15 is 0 Å². The van der Waals surface area contributed by atoms with Crippen LogP contribution in [0.1, 0.15) is 15.9 Å². The number of halogens is 1. The summed E-state index contributed by atoms with van der Waals surface area (Å²) in [7, 11) is 0. The highest BCUT2D eigenvalue weighted by atomic mass is 79.9. The van der Waals surface area contributed by atoms with Crippen LogP contribution in [0.15, 0.2) is 83.3 Å². The molecule has 0 fully saturated rings. The summed E-state index contributed by atoms with van der Waals surface area (Å²) in [5.41, 5.74) is 1.38. The lowest BCUT2D eigenvalue weighted by atomic mass is 10.2. The summed E-state index contributed by atoms with van der Waals surface area (Å²) >= 11 is 3.34. The number of carbonyl (C=O) groups excluding carboxylic acids is 1. The molecule has 3 aromatic rings. The van der Waals surface area contributed by atoms with Gasteiger partial charge in [-0.15, -0.1) is 0 Å².